The molecule has 0 spiro atoms. The number of hydrogen-bond acceptors (Lipinski definition) is 4. The Morgan fingerprint density at radius 2 is 1.68 bits per heavy atom. The molecule has 2 aromatic carbocycles. The van der Waals surface area contributed by atoms with Crippen molar-refractivity contribution in [3.8, 4) is 17.4 Å². The quantitative estimate of drug-likeness (QED) is 0.744. The minimum absolute atomic E-state index is 0.169. The number of amides is 1. The van der Waals surface area contributed by atoms with Crippen LogP contribution in [-0.4, -0.2) is 18.0 Å². The number of pyridine rings is 1. The Labute approximate surface area is 146 Å². The molecule has 0 atom stereocenters. The molecule has 1 amide bonds. The smallest absolute Gasteiger partial charge is 0.251 e. The monoisotopic (exact) mass is 334 g/mol. The van der Waals surface area contributed by atoms with E-state index in [2.05, 4.69) is 10.3 Å². The highest BCUT2D eigenvalue weighted by Crippen LogP contribution is 2.21. The van der Waals surface area contributed by atoms with Crippen molar-refractivity contribution >= 4 is 5.91 Å². The SMILES string of the molecule is COc1ncccc1CNC(=O)c1ccc(Oc2ccccc2)cc1. The second kappa shape index (κ2) is 7.97. The Hall–Kier alpha value is -3.34. The summed E-state index contributed by atoms with van der Waals surface area (Å²) in [6.07, 6.45) is 1.65. The van der Waals surface area contributed by atoms with Crippen molar-refractivity contribution in [1.29, 1.82) is 0 Å². The maximum absolute atomic E-state index is 12.3. The summed E-state index contributed by atoms with van der Waals surface area (Å²) in [5, 5.41) is 2.86. The number of rotatable bonds is 6. The number of carbonyl (C=O) groups is 1. The third kappa shape index (κ3) is 4.35. The molecule has 0 unspecified atom stereocenters. The standard InChI is InChI=1S/C20H18N2O3/c1-24-20-16(6-5-13-21-20)14-22-19(23)15-9-11-18(12-10-15)25-17-7-3-2-4-8-17/h2-13H,14H2,1H3,(H,22,23). The molecule has 0 fully saturated rings. The van der Waals surface area contributed by atoms with Crippen LogP contribution in [0.1, 0.15) is 15.9 Å². The van der Waals surface area contributed by atoms with Crippen LogP contribution in [0.3, 0.4) is 0 Å². The molecule has 1 aromatic heterocycles. The van der Waals surface area contributed by atoms with Crippen LogP contribution in [0.2, 0.25) is 0 Å². The topological polar surface area (TPSA) is 60.5 Å². The largest absolute Gasteiger partial charge is 0.481 e. The lowest BCUT2D eigenvalue weighted by atomic mass is 10.2. The predicted molar refractivity (Wildman–Crippen MR) is 94.9 cm³/mol. The summed E-state index contributed by atoms with van der Waals surface area (Å²) < 4.78 is 10.9. The number of aromatic nitrogens is 1. The molecular weight excluding hydrogens is 316 g/mol. The van der Waals surface area contributed by atoms with Crippen LogP contribution in [0.25, 0.3) is 0 Å². The van der Waals surface area contributed by atoms with Crippen molar-refractivity contribution in [2.45, 2.75) is 6.54 Å². The van der Waals surface area contributed by atoms with Gasteiger partial charge < -0.3 is 14.8 Å². The van der Waals surface area contributed by atoms with Gasteiger partial charge in [0.15, 0.2) is 0 Å². The van der Waals surface area contributed by atoms with Gasteiger partial charge in [-0.2, -0.15) is 0 Å². The summed E-state index contributed by atoms with van der Waals surface area (Å²) in [7, 11) is 1.55. The van der Waals surface area contributed by atoms with E-state index in [1.54, 1.807) is 43.6 Å². The van der Waals surface area contributed by atoms with Crippen molar-refractivity contribution in [3.05, 3.63) is 84.1 Å². The number of benzene rings is 2. The average Bonchev–Trinajstić information content (AvgIpc) is 2.67. The molecule has 0 saturated heterocycles. The maximum Gasteiger partial charge on any atom is 0.251 e. The zero-order chi connectivity index (χ0) is 17.5. The van der Waals surface area contributed by atoms with E-state index in [1.807, 2.05) is 36.4 Å². The summed E-state index contributed by atoms with van der Waals surface area (Å²) in [6.45, 7) is 0.345. The molecular formula is C20H18N2O3. The molecule has 1 N–H and O–H groups in total. The Morgan fingerprint density at radius 1 is 0.960 bits per heavy atom. The summed E-state index contributed by atoms with van der Waals surface area (Å²) >= 11 is 0. The number of carbonyl (C=O) groups excluding carboxylic acids is 1. The molecule has 0 bridgehead atoms. The molecule has 0 saturated carbocycles. The Balaban J connectivity index is 1.61. The Bertz CT molecular complexity index is 833. The molecule has 0 aliphatic heterocycles. The van der Waals surface area contributed by atoms with Gasteiger partial charge in [-0.15, -0.1) is 0 Å². The minimum Gasteiger partial charge on any atom is -0.481 e. The van der Waals surface area contributed by atoms with Crippen LogP contribution in [-0.2, 0) is 6.54 Å². The van der Waals surface area contributed by atoms with Gasteiger partial charge in [0.25, 0.3) is 5.91 Å². The lowest BCUT2D eigenvalue weighted by Gasteiger charge is -2.09. The van der Waals surface area contributed by atoms with Gasteiger partial charge in [-0.05, 0) is 42.5 Å². The van der Waals surface area contributed by atoms with Crippen LogP contribution in [0.15, 0.2) is 72.9 Å². The first-order valence-electron chi connectivity index (χ1n) is 7.85. The molecule has 1 heterocycles. The Morgan fingerprint density at radius 3 is 2.40 bits per heavy atom. The van der Waals surface area contributed by atoms with Crippen LogP contribution in [0.4, 0.5) is 0 Å². The van der Waals surface area contributed by atoms with Crippen molar-refractivity contribution < 1.29 is 14.3 Å². The Kier molecular flexibility index (Phi) is 5.26. The molecule has 5 nitrogen and oxygen atoms in total. The molecule has 0 radical (unpaired) electrons. The number of para-hydroxylation sites is 1. The van der Waals surface area contributed by atoms with Gasteiger partial charge in [0.05, 0.1) is 7.11 Å². The first-order chi connectivity index (χ1) is 12.3. The highest BCUT2D eigenvalue weighted by Gasteiger charge is 2.08. The maximum atomic E-state index is 12.3. The van der Waals surface area contributed by atoms with Crippen LogP contribution >= 0.6 is 0 Å². The molecule has 5 heteroatoms. The van der Waals surface area contributed by atoms with E-state index in [0.29, 0.717) is 23.7 Å². The van der Waals surface area contributed by atoms with Gasteiger partial charge in [-0.1, -0.05) is 24.3 Å². The highest BCUT2D eigenvalue weighted by atomic mass is 16.5. The van der Waals surface area contributed by atoms with Crippen molar-refractivity contribution in [1.82, 2.24) is 10.3 Å². The number of nitrogens with zero attached hydrogens (tertiary/aromatic N) is 1. The van der Waals surface area contributed by atoms with Crippen LogP contribution in [0, 0.1) is 0 Å². The average molecular weight is 334 g/mol. The first-order valence-corrected chi connectivity index (χ1v) is 7.85. The van der Waals surface area contributed by atoms with Crippen LogP contribution in [0.5, 0.6) is 17.4 Å². The van der Waals surface area contributed by atoms with E-state index in [4.69, 9.17) is 9.47 Å². The minimum atomic E-state index is -0.169. The summed E-state index contributed by atoms with van der Waals surface area (Å²) in [6, 6.07) is 20.2. The predicted octanol–water partition coefficient (Wildman–Crippen LogP) is 3.81. The summed E-state index contributed by atoms with van der Waals surface area (Å²) in [5.74, 6) is 1.77. The third-order valence-electron chi connectivity index (χ3n) is 3.58. The summed E-state index contributed by atoms with van der Waals surface area (Å²) in [5.41, 5.74) is 1.38. The highest BCUT2D eigenvalue weighted by molar-refractivity contribution is 5.94. The molecule has 0 aliphatic rings. The molecule has 0 aliphatic carbocycles. The van der Waals surface area contributed by atoms with Crippen molar-refractivity contribution in [2.24, 2.45) is 0 Å². The molecule has 25 heavy (non-hydrogen) atoms. The molecule has 3 rings (SSSR count). The normalized spacial score (nSPS) is 10.1. The van der Waals surface area contributed by atoms with Gasteiger partial charge in [0.2, 0.25) is 5.88 Å². The van der Waals surface area contributed by atoms with E-state index in [1.165, 1.54) is 0 Å². The van der Waals surface area contributed by atoms with Gasteiger partial charge >= 0.3 is 0 Å². The van der Waals surface area contributed by atoms with Crippen LogP contribution < -0.4 is 14.8 Å². The number of nitrogens with one attached hydrogen (secondary N) is 1. The lowest BCUT2D eigenvalue weighted by molar-refractivity contribution is 0.0950. The van der Waals surface area contributed by atoms with E-state index >= 15 is 0 Å². The number of hydrogen-bond donors (Lipinski definition) is 1. The van der Waals surface area contributed by atoms with Crippen molar-refractivity contribution in [2.75, 3.05) is 7.11 Å². The van der Waals surface area contributed by atoms with E-state index < -0.39 is 0 Å². The van der Waals surface area contributed by atoms with Gasteiger partial charge in [-0.25, -0.2) is 4.98 Å². The fourth-order valence-electron chi connectivity index (χ4n) is 2.32. The summed E-state index contributed by atoms with van der Waals surface area (Å²) in [4.78, 5) is 16.4. The van der Waals surface area contributed by atoms with E-state index in [9.17, 15) is 4.79 Å². The van der Waals surface area contributed by atoms with Gasteiger partial charge in [-0.3, -0.25) is 4.79 Å². The van der Waals surface area contributed by atoms with Gasteiger partial charge in [0.1, 0.15) is 11.5 Å². The first kappa shape index (κ1) is 16.5. The number of ether oxygens (including phenoxy) is 2. The fraction of sp³-hybridized carbons (Fsp3) is 0.100. The third-order valence-corrected chi connectivity index (χ3v) is 3.58. The zero-order valence-electron chi connectivity index (χ0n) is 13.8. The molecule has 3 aromatic rings. The fourth-order valence-corrected chi connectivity index (χ4v) is 2.32. The van der Waals surface area contributed by atoms with Gasteiger partial charge in [0, 0.05) is 23.9 Å². The van der Waals surface area contributed by atoms with E-state index in [0.717, 1.165) is 11.3 Å². The second-order valence-electron chi connectivity index (χ2n) is 5.29. The second-order valence-corrected chi connectivity index (χ2v) is 5.29. The zero-order valence-corrected chi connectivity index (χ0v) is 13.8. The van der Waals surface area contributed by atoms with Crippen molar-refractivity contribution in [3.63, 3.8) is 0 Å². The number of methoxy groups -OCH3 is 1. The lowest BCUT2D eigenvalue weighted by Crippen LogP contribution is -2.23. The molecule has 126 valence electrons. The van der Waals surface area contributed by atoms with E-state index in [-0.39, 0.29) is 5.91 Å².